The number of nitrogens with one attached hydrogen (secondary N) is 5. The Morgan fingerprint density at radius 2 is 1.70 bits per heavy atom. The highest BCUT2D eigenvalue weighted by Crippen LogP contribution is 2.39. The number of nitrogens with zero attached hydrogens (tertiary/aromatic N) is 3. The minimum absolute atomic E-state index is 0.0247. The number of alkyl carbamates (subject to hydrolysis) is 1. The van der Waals surface area contributed by atoms with Crippen LogP contribution in [0.2, 0.25) is 0 Å². The van der Waals surface area contributed by atoms with Gasteiger partial charge in [-0.2, -0.15) is 0 Å². The number of carbonyl (C=O) groups excluding carboxylic acids is 4. The Kier molecular flexibility index (Phi) is 15.1. The fourth-order valence-electron chi connectivity index (χ4n) is 7.34. The van der Waals surface area contributed by atoms with Crippen molar-refractivity contribution in [3.8, 4) is 28.1 Å². The summed E-state index contributed by atoms with van der Waals surface area (Å²) in [6.45, 7) is 4.50. The second-order valence-electron chi connectivity index (χ2n) is 15.9. The molecule has 0 saturated carbocycles. The van der Waals surface area contributed by atoms with Crippen LogP contribution in [0, 0.1) is 17.2 Å². The number of amides is 4. The molecular weight excluding hydrogens is 849 g/mol. The van der Waals surface area contributed by atoms with E-state index in [1.165, 1.54) is 37.6 Å². The van der Waals surface area contributed by atoms with Crippen LogP contribution < -0.4 is 26.0 Å². The van der Waals surface area contributed by atoms with Crippen molar-refractivity contribution in [3.63, 3.8) is 0 Å². The first kappa shape index (κ1) is 47.2. The number of ether oxygens (including phenoxy) is 4. The monoisotopic (exact) mass is 898 g/mol. The molecule has 2 aliphatic heterocycles. The van der Waals surface area contributed by atoms with Crippen molar-refractivity contribution in [1.29, 1.82) is 0 Å². The van der Waals surface area contributed by atoms with Gasteiger partial charge in [-0.1, -0.05) is 24.3 Å². The van der Waals surface area contributed by atoms with Crippen molar-refractivity contribution in [1.82, 2.24) is 30.5 Å². The number of aromatic amines is 1. The summed E-state index contributed by atoms with van der Waals surface area (Å²) in [5, 5.41) is 20.0. The number of anilines is 2. The molecule has 6 N–H and O–H groups in total. The molecule has 17 nitrogen and oxygen atoms in total. The van der Waals surface area contributed by atoms with Crippen LogP contribution in [0.1, 0.15) is 55.3 Å². The maximum absolute atomic E-state index is 15.6. The zero-order chi connectivity index (χ0) is 46.2. The van der Waals surface area contributed by atoms with Crippen LogP contribution in [0.5, 0.6) is 5.75 Å². The summed E-state index contributed by atoms with van der Waals surface area (Å²) in [6.07, 6.45) is -1.94. The van der Waals surface area contributed by atoms with Crippen LogP contribution in [0.3, 0.4) is 0 Å². The van der Waals surface area contributed by atoms with Crippen molar-refractivity contribution in [2.45, 2.75) is 57.7 Å². The minimum atomic E-state index is -5.16. The normalized spacial score (nSPS) is 17.4. The summed E-state index contributed by atoms with van der Waals surface area (Å²) < 4.78 is 76.9. The van der Waals surface area contributed by atoms with E-state index in [1.54, 1.807) is 44.2 Å². The second-order valence-corrected chi connectivity index (χ2v) is 15.9. The number of carbonyl (C=O) groups is 4. The van der Waals surface area contributed by atoms with Crippen LogP contribution in [0.25, 0.3) is 22.4 Å². The number of aromatic nitrogens is 3. The molecule has 0 radical (unpaired) electrons. The molecule has 0 spiro atoms. The summed E-state index contributed by atoms with van der Waals surface area (Å²) in [5.41, 5.74) is -0.543. The van der Waals surface area contributed by atoms with Gasteiger partial charge < -0.3 is 55.2 Å². The van der Waals surface area contributed by atoms with Crippen LogP contribution in [-0.4, -0.2) is 121 Å². The number of methoxy groups -OCH3 is 2. The maximum atomic E-state index is 15.6. The lowest BCUT2D eigenvalue weighted by atomic mass is 9.90. The molecule has 2 aromatic carbocycles. The molecule has 2 aromatic heterocycles. The number of imidazole rings is 1. The number of likely N-dealkylation sites (tertiary alicyclic amines) is 1. The predicted molar refractivity (Wildman–Crippen MR) is 223 cm³/mol. The van der Waals surface area contributed by atoms with Gasteiger partial charge in [-0.05, 0) is 61.9 Å². The number of rotatable bonds is 16. The van der Waals surface area contributed by atoms with Crippen molar-refractivity contribution < 1.29 is 60.8 Å². The quantitative estimate of drug-likeness (QED) is 0.0615. The van der Waals surface area contributed by atoms with Crippen molar-refractivity contribution >= 4 is 35.3 Å². The van der Waals surface area contributed by atoms with E-state index in [0.717, 1.165) is 12.1 Å². The summed E-state index contributed by atoms with van der Waals surface area (Å²) in [5.74, 6) is -2.71. The molecule has 0 bridgehead atoms. The summed E-state index contributed by atoms with van der Waals surface area (Å²) >= 11 is 0. The fraction of sp³-hybridized carbons (Fsp3) is 0.442. The Hall–Kier alpha value is -6.32. The summed E-state index contributed by atoms with van der Waals surface area (Å²) in [6, 6.07) is 9.11. The number of alkyl halides is 3. The number of halogens is 4. The van der Waals surface area contributed by atoms with Crippen LogP contribution in [-0.2, 0) is 23.8 Å². The molecule has 4 heterocycles. The van der Waals surface area contributed by atoms with Crippen molar-refractivity contribution in [3.05, 3.63) is 78.1 Å². The molecule has 3 atom stereocenters. The highest BCUT2D eigenvalue weighted by atomic mass is 19.4. The SMILES string of the molecule is COC(=O)N[C@H](C(=O)N1C[C@@H](OC)C[C@H]1c1ncc(-c2ccc(-c3cc(F)c(NC(=O)c4ccc(NCCNC(=O)C(C)(C)CO)nc4)cc3OC(F)(F)F)cc2)[nH]1)C1CCOCC1. The van der Waals surface area contributed by atoms with Gasteiger partial charge in [0.1, 0.15) is 29.3 Å². The van der Waals surface area contributed by atoms with E-state index in [0.29, 0.717) is 55.4 Å². The standard InChI is InChI=1S/C43H50F4N8O9/c1-42(2,23-56)40(59)49-14-13-48-35-10-9-27(20-50-35)38(57)53-31-19-34(64-43(45,46)47)29(18-30(31)44)24-5-7-25(8-6-24)32-21-51-37(52-32)33-17-28(61-3)22-55(33)39(58)36(54-41(60)62-4)26-11-15-63-16-12-26/h5-10,18-21,26,28,33,36,56H,11-17,22-23H2,1-4H3,(H,48,50)(H,49,59)(H,51,52)(H,53,57)(H,54,60)/t28-,33-,36-/m0/s1. The lowest BCUT2D eigenvalue weighted by molar-refractivity contribution is -0.274. The molecule has 4 aromatic rings. The average Bonchev–Trinajstić information content (AvgIpc) is 3.96. The summed E-state index contributed by atoms with van der Waals surface area (Å²) in [7, 11) is 2.77. The van der Waals surface area contributed by atoms with Gasteiger partial charge in [-0.15, -0.1) is 13.2 Å². The highest BCUT2D eigenvalue weighted by Gasteiger charge is 2.43. The van der Waals surface area contributed by atoms with Gasteiger partial charge in [-0.3, -0.25) is 14.4 Å². The van der Waals surface area contributed by atoms with Gasteiger partial charge in [0.25, 0.3) is 5.91 Å². The van der Waals surface area contributed by atoms with Gasteiger partial charge in [0, 0.05) is 64.2 Å². The highest BCUT2D eigenvalue weighted by molar-refractivity contribution is 6.04. The fourth-order valence-corrected chi connectivity index (χ4v) is 7.34. The van der Waals surface area contributed by atoms with E-state index in [9.17, 15) is 37.5 Å². The van der Waals surface area contributed by atoms with E-state index in [4.69, 9.17) is 14.2 Å². The number of hydrogen-bond acceptors (Lipinski definition) is 12. The Morgan fingerprint density at radius 1 is 0.984 bits per heavy atom. The predicted octanol–water partition coefficient (Wildman–Crippen LogP) is 5.41. The number of H-pyrrole nitrogens is 1. The molecule has 2 fully saturated rings. The van der Waals surface area contributed by atoms with E-state index in [1.807, 2.05) is 0 Å². The third-order valence-corrected chi connectivity index (χ3v) is 11.1. The first-order chi connectivity index (χ1) is 30.5. The van der Waals surface area contributed by atoms with E-state index in [-0.39, 0.29) is 66.8 Å². The van der Waals surface area contributed by atoms with Crippen LogP contribution >= 0.6 is 0 Å². The molecule has 2 saturated heterocycles. The van der Waals surface area contributed by atoms with Gasteiger partial charge in [-0.25, -0.2) is 19.2 Å². The van der Waals surface area contributed by atoms with E-state index in [2.05, 4.69) is 41.0 Å². The maximum Gasteiger partial charge on any atom is 0.573 e. The molecule has 4 amide bonds. The number of hydrogen-bond donors (Lipinski definition) is 6. The topological polar surface area (TPSA) is 218 Å². The second kappa shape index (κ2) is 20.5. The minimum Gasteiger partial charge on any atom is -0.453 e. The lowest BCUT2D eigenvalue weighted by Gasteiger charge is -2.34. The van der Waals surface area contributed by atoms with E-state index < -0.39 is 53.1 Å². The van der Waals surface area contributed by atoms with Gasteiger partial charge >= 0.3 is 12.5 Å². The molecule has 64 heavy (non-hydrogen) atoms. The number of pyridine rings is 1. The van der Waals surface area contributed by atoms with E-state index >= 15 is 4.39 Å². The summed E-state index contributed by atoms with van der Waals surface area (Å²) in [4.78, 5) is 65.2. The third-order valence-electron chi connectivity index (χ3n) is 11.1. The largest absolute Gasteiger partial charge is 0.573 e. The molecule has 0 unspecified atom stereocenters. The van der Waals surface area contributed by atoms with Gasteiger partial charge in [0.05, 0.1) is 54.4 Å². The van der Waals surface area contributed by atoms with Gasteiger partial charge in [0.15, 0.2) is 0 Å². The lowest BCUT2D eigenvalue weighted by Crippen LogP contribution is -2.53. The Balaban J connectivity index is 1.15. The van der Waals surface area contributed by atoms with Gasteiger partial charge in [0.2, 0.25) is 11.8 Å². The Bertz CT molecular complexity index is 2270. The number of aliphatic hydroxyl groups excluding tert-OH is 1. The zero-order valence-corrected chi connectivity index (χ0v) is 35.5. The Morgan fingerprint density at radius 3 is 2.34 bits per heavy atom. The number of aliphatic hydroxyl groups is 1. The first-order valence-corrected chi connectivity index (χ1v) is 20.4. The molecule has 2 aliphatic rings. The number of benzene rings is 2. The van der Waals surface area contributed by atoms with Crippen molar-refractivity contribution in [2.75, 3.05) is 64.3 Å². The molecule has 6 rings (SSSR count). The molecular formula is C43H50F4N8O9. The van der Waals surface area contributed by atoms with Crippen molar-refractivity contribution in [2.24, 2.45) is 11.3 Å². The van der Waals surface area contributed by atoms with Crippen LogP contribution in [0.15, 0.2) is 60.9 Å². The third kappa shape index (κ3) is 11.6. The average molecular weight is 899 g/mol. The van der Waals surface area contributed by atoms with Crippen LogP contribution in [0.4, 0.5) is 33.9 Å². The molecule has 21 heteroatoms. The molecule has 0 aliphatic carbocycles. The zero-order valence-electron chi connectivity index (χ0n) is 35.5. The first-order valence-electron chi connectivity index (χ1n) is 20.4. The molecule has 344 valence electrons. The Labute approximate surface area is 365 Å². The smallest absolute Gasteiger partial charge is 0.453 e.